The average molecular weight is 444 g/mol. The Morgan fingerprint density at radius 1 is 1.19 bits per heavy atom. The summed E-state index contributed by atoms with van der Waals surface area (Å²) in [4.78, 5) is 19.4. The zero-order chi connectivity index (χ0) is 23.4. The number of phenolic OH excluding ortho intramolecular Hbond substituents is 1. The van der Waals surface area contributed by atoms with Crippen molar-refractivity contribution in [2.24, 2.45) is 0 Å². The Morgan fingerprint density at radius 3 is 2.32 bits per heavy atom. The van der Waals surface area contributed by atoms with Crippen molar-refractivity contribution in [3.8, 4) is 11.5 Å². The lowest BCUT2D eigenvalue weighted by molar-refractivity contribution is -0.192. The van der Waals surface area contributed by atoms with Crippen molar-refractivity contribution in [3.05, 3.63) is 53.6 Å². The molecular weight excluding hydrogens is 421 g/mol. The van der Waals surface area contributed by atoms with Gasteiger partial charge in [0.15, 0.2) is 0 Å². The number of aliphatic carboxylic acids is 1. The van der Waals surface area contributed by atoms with Gasteiger partial charge in [-0.05, 0) is 48.4 Å². The summed E-state index contributed by atoms with van der Waals surface area (Å²) in [6.45, 7) is 1.10. The largest absolute Gasteiger partial charge is 0.506 e. The number of nitrogens with one attached hydrogen (secondary N) is 2. The summed E-state index contributed by atoms with van der Waals surface area (Å²) in [6, 6.07) is 12.5. The molecule has 0 aliphatic rings. The number of rotatable bonds is 9. The molecule has 0 spiro atoms. The second-order valence-electron chi connectivity index (χ2n) is 6.16. The van der Waals surface area contributed by atoms with E-state index in [-0.39, 0.29) is 11.4 Å². The first-order valence-corrected chi connectivity index (χ1v) is 8.93. The number of benzene rings is 2. The van der Waals surface area contributed by atoms with Gasteiger partial charge in [-0.25, -0.2) is 4.79 Å². The molecule has 0 fully saturated rings. The van der Waals surface area contributed by atoms with Crippen LogP contribution in [0.5, 0.6) is 11.5 Å². The van der Waals surface area contributed by atoms with Gasteiger partial charge in [0.05, 0.1) is 18.9 Å². The van der Waals surface area contributed by atoms with Crippen molar-refractivity contribution in [2.45, 2.75) is 18.7 Å². The Morgan fingerprint density at radius 2 is 1.81 bits per heavy atom. The number of hydrogen-bond donors (Lipinski definition) is 5. The number of aliphatic hydroxyl groups is 1. The van der Waals surface area contributed by atoms with E-state index < -0.39 is 18.2 Å². The van der Waals surface area contributed by atoms with Crippen LogP contribution in [0.3, 0.4) is 0 Å². The lowest BCUT2D eigenvalue weighted by atomic mass is 10.1. The normalized spacial score (nSPS) is 11.6. The monoisotopic (exact) mass is 444 g/mol. The number of carboxylic acid groups (broad SMARTS) is 1. The van der Waals surface area contributed by atoms with Crippen molar-refractivity contribution < 1.29 is 42.8 Å². The number of ether oxygens (including phenoxy) is 1. The first-order valence-electron chi connectivity index (χ1n) is 8.93. The average Bonchev–Trinajstić information content (AvgIpc) is 2.73. The van der Waals surface area contributed by atoms with Gasteiger partial charge in [0.2, 0.25) is 6.41 Å². The Balaban J connectivity index is 0.000000592. The van der Waals surface area contributed by atoms with Crippen LogP contribution in [0.15, 0.2) is 42.5 Å². The van der Waals surface area contributed by atoms with Crippen LogP contribution in [0.1, 0.15) is 17.2 Å². The van der Waals surface area contributed by atoms with Crippen LogP contribution in [0.2, 0.25) is 0 Å². The fourth-order valence-electron chi connectivity index (χ4n) is 2.32. The third-order valence-corrected chi connectivity index (χ3v) is 3.95. The quantitative estimate of drug-likeness (QED) is 0.228. The number of hydrogen-bond acceptors (Lipinski definition) is 6. The summed E-state index contributed by atoms with van der Waals surface area (Å²) in [6.07, 6.45) is -4.49. The highest BCUT2D eigenvalue weighted by atomic mass is 19.4. The first-order chi connectivity index (χ1) is 14.6. The smallest absolute Gasteiger partial charge is 0.490 e. The summed E-state index contributed by atoms with van der Waals surface area (Å²) < 4.78 is 36.9. The number of aliphatic hydroxyl groups excluding tert-OH is 1. The van der Waals surface area contributed by atoms with Crippen LogP contribution in [0, 0.1) is 0 Å². The zero-order valence-electron chi connectivity index (χ0n) is 16.5. The maximum absolute atomic E-state index is 10.6. The van der Waals surface area contributed by atoms with E-state index >= 15 is 0 Å². The van der Waals surface area contributed by atoms with Gasteiger partial charge >= 0.3 is 12.1 Å². The molecule has 1 unspecified atom stereocenters. The van der Waals surface area contributed by atoms with E-state index in [2.05, 4.69) is 10.6 Å². The van der Waals surface area contributed by atoms with E-state index in [1.165, 1.54) is 11.6 Å². The lowest BCUT2D eigenvalue weighted by Gasteiger charge is -2.14. The van der Waals surface area contributed by atoms with E-state index in [0.717, 1.165) is 18.7 Å². The predicted molar refractivity (Wildman–Crippen MR) is 106 cm³/mol. The SMILES string of the molecule is COc1ccc(CCNCC(O)c2ccc(O)c(NC=O)c2)cc1.O=C(O)C(F)(F)F. The minimum Gasteiger partial charge on any atom is -0.506 e. The van der Waals surface area contributed by atoms with Crippen LogP contribution in [-0.2, 0) is 16.0 Å². The Kier molecular flexibility index (Phi) is 10.3. The summed E-state index contributed by atoms with van der Waals surface area (Å²) in [5.41, 5.74) is 2.08. The summed E-state index contributed by atoms with van der Waals surface area (Å²) in [5, 5.41) is 32.5. The molecule has 1 amide bonds. The molecule has 0 bridgehead atoms. The van der Waals surface area contributed by atoms with Gasteiger partial charge in [0, 0.05) is 6.54 Å². The van der Waals surface area contributed by atoms with Crippen molar-refractivity contribution in [3.63, 3.8) is 0 Å². The molecule has 2 aromatic carbocycles. The van der Waals surface area contributed by atoms with Crippen LogP contribution < -0.4 is 15.4 Å². The van der Waals surface area contributed by atoms with E-state index in [4.69, 9.17) is 14.6 Å². The van der Waals surface area contributed by atoms with Gasteiger partial charge in [-0.3, -0.25) is 4.79 Å². The molecule has 11 heteroatoms. The van der Waals surface area contributed by atoms with Crippen molar-refractivity contribution in [1.82, 2.24) is 5.32 Å². The van der Waals surface area contributed by atoms with Crippen LogP contribution in [0.25, 0.3) is 0 Å². The number of anilines is 1. The topological polar surface area (TPSA) is 128 Å². The van der Waals surface area contributed by atoms with Gasteiger partial charge in [0.1, 0.15) is 11.5 Å². The van der Waals surface area contributed by atoms with Gasteiger partial charge in [-0.15, -0.1) is 0 Å². The fourth-order valence-corrected chi connectivity index (χ4v) is 2.32. The zero-order valence-corrected chi connectivity index (χ0v) is 16.5. The van der Waals surface area contributed by atoms with E-state index in [1.54, 1.807) is 19.2 Å². The van der Waals surface area contributed by atoms with Gasteiger partial charge in [0.25, 0.3) is 0 Å². The third-order valence-electron chi connectivity index (χ3n) is 3.95. The highest BCUT2D eigenvalue weighted by Gasteiger charge is 2.38. The second-order valence-corrected chi connectivity index (χ2v) is 6.16. The number of carboxylic acids is 1. The molecule has 0 heterocycles. The van der Waals surface area contributed by atoms with E-state index in [1.807, 2.05) is 24.3 Å². The maximum atomic E-state index is 10.6. The summed E-state index contributed by atoms with van der Waals surface area (Å²) in [7, 11) is 1.64. The highest BCUT2D eigenvalue weighted by molar-refractivity contribution is 5.75. The Bertz CT molecular complexity index is 844. The minimum absolute atomic E-state index is 0.0366. The molecule has 170 valence electrons. The molecule has 31 heavy (non-hydrogen) atoms. The van der Waals surface area contributed by atoms with Crippen LogP contribution in [0.4, 0.5) is 18.9 Å². The highest BCUT2D eigenvalue weighted by Crippen LogP contribution is 2.26. The lowest BCUT2D eigenvalue weighted by Crippen LogP contribution is -2.23. The number of phenols is 1. The van der Waals surface area contributed by atoms with Gasteiger partial charge in [-0.2, -0.15) is 13.2 Å². The molecule has 5 N–H and O–H groups in total. The summed E-state index contributed by atoms with van der Waals surface area (Å²) in [5.74, 6) is -1.97. The number of carbonyl (C=O) groups is 2. The van der Waals surface area contributed by atoms with Gasteiger partial charge in [-0.1, -0.05) is 18.2 Å². The van der Waals surface area contributed by atoms with Crippen LogP contribution in [-0.4, -0.2) is 54.1 Å². The van der Waals surface area contributed by atoms with Crippen molar-refractivity contribution in [2.75, 3.05) is 25.5 Å². The molecule has 0 radical (unpaired) electrons. The van der Waals surface area contributed by atoms with Crippen molar-refractivity contribution >= 4 is 18.1 Å². The molecule has 0 saturated carbocycles. The fraction of sp³-hybridized carbons (Fsp3) is 0.300. The van der Waals surface area contributed by atoms with Gasteiger partial charge < -0.3 is 30.7 Å². The number of amides is 1. The molecule has 8 nitrogen and oxygen atoms in total. The second kappa shape index (κ2) is 12.4. The third kappa shape index (κ3) is 9.36. The molecule has 0 aliphatic carbocycles. The summed E-state index contributed by atoms with van der Waals surface area (Å²) >= 11 is 0. The van der Waals surface area contributed by atoms with Crippen LogP contribution >= 0.6 is 0 Å². The first kappa shape index (κ1) is 25.7. The molecule has 2 rings (SSSR count). The molecular formula is C20H23F3N2O6. The molecule has 1 atom stereocenters. The predicted octanol–water partition coefficient (Wildman–Crippen LogP) is 2.47. The molecule has 2 aromatic rings. The Labute approximate surface area is 176 Å². The van der Waals surface area contributed by atoms with Crippen molar-refractivity contribution in [1.29, 1.82) is 0 Å². The Hall–Kier alpha value is -3.31. The minimum atomic E-state index is -5.08. The number of halogens is 3. The number of methoxy groups -OCH3 is 1. The number of carbonyl (C=O) groups excluding carboxylic acids is 1. The van der Waals surface area contributed by atoms with E-state index in [9.17, 15) is 28.2 Å². The number of aromatic hydroxyl groups is 1. The maximum Gasteiger partial charge on any atom is 0.490 e. The standard InChI is InChI=1S/C18H22N2O4.C2HF3O2/c1-24-15-5-2-13(3-6-15)8-9-19-11-18(23)14-4-7-17(22)16(10-14)20-12-21;3-2(4,5)1(6)7/h2-7,10,12,18-19,22-23H,8-9,11H2,1H3,(H,20,21);(H,6,7). The van der Waals surface area contributed by atoms with E-state index in [0.29, 0.717) is 18.5 Å². The molecule has 0 saturated heterocycles. The molecule has 0 aromatic heterocycles. The molecule has 0 aliphatic heterocycles. The number of alkyl halides is 3.